The summed E-state index contributed by atoms with van der Waals surface area (Å²) in [6.07, 6.45) is 5.59. The number of para-hydroxylation sites is 1. The third-order valence-electron chi connectivity index (χ3n) is 5.76. The summed E-state index contributed by atoms with van der Waals surface area (Å²) in [4.78, 5) is 2.44. The first-order chi connectivity index (χ1) is 11.2. The van der Waals surface area contributed by atoms with E-state index >= 15 is 0 Å². The third-order valence-corrected chi connectivity index (χ3v) is 5.76. The highest BCUT2D eigenvalue weighted by atomic mass is 16.3. The van der Waals surface area contributed by atoms with E-state index in [2.05, 4.69) is 28.9 Å². The summed E-state index contributed by atoms with van der Waals surface area (Å²) in [6.45, 7) is 6.08. The zero-order valence-electron chi connectivity index (χ0n) is 13.4. The molecule has 122 valence electrons. The van der Waals surface area contributed by atoms with Gasteiger partial charge in [0.1, 0.15) is 0 Å². The highest BCUT2D eigenvalue weighted by Crippen LogP contribution is 2.41. The highest BCUT2D eigenvalue weighted by Gasteiger charge is 2.43. The van der Waals surface area contributed by atoms with Crippen LogP contribution in [0.3, 0.4) is 0 Å². The molecule has 1 aromatic carbocycles. The van der Waals surface area contributed by atoms with Crippen LogP contribution in [0.25, 0.3) is 5.57 Å². The van der Waals surface area contributed by atoms with Gasteiger partial charge < -0.3 is 16.2 Å². The van der Waals surface area contributed by atoms with Crippen molar-refractivity contribution < 1.29 is 5.11 Å². The number of hydrogen-bond donors (Lipinski definition) is 3. The second-order valence-corrected chi connectivity index (χ2v) is 7.03. The maximum absolute atomic E-state index is 11.1. The molecule has 4 nitrogen and oxygen atoms in total. The Bertz CT molecular complexity index is 641. The van der Waals surface area contributed by atoms with Crippen molar-refractivity contribution in [1.82, 2.24) is 4.90 Å². The number of nitrogens with two attached hydrogens (primary N) is 1. The molecule has 4 heteroatoms. The minimum atomic E-state index is -0.488. The highest BCUT2D eigenvalue weighted by molar-refractivity contribution is 5.82. The van der Waals surface area contributed by atoms with Crippen molar-refractivity contribution in [3.05, 3.63) is 48.6 Å². The summed E-state index contributed by atoms with van der Waals surface area (Å²) in [7, 11) is 0. The summed E-state index contributed by atoms with van der Waals surface area (Å²) in [5, 5.41) is 14.4. The van der Waals surface area contributed by atoms with Crippen LogP contribution in [0.5, 0.6) is 0 Å². The fourth-order valence-electron chi connectivity index (χ4n) is 4.54. The average Bonchev–Trinajstić information content (AvgIpc) is 2.60. The smallest absolute Gasteiger partial charge is 0.0949 e. The fraction of sp³-hybridized carbons (Fsp3) is 0.474. The van der Waals surface area contributed by atoms with Crippen LogP contribution in [0.1, 0.15) is 18.4 Å². The first-order valence-electron chi connectivity index (χ1n) is 8.55. The SMILES string of the molecule is C=C[C@@H]1CN2CC[C@H]1C[C@H]2[C@H](O)C1=CC(N)Nc2ccccc21. The number of rotatable bonds is 3. The molecule has 0 radical (unpaired) electrons. The molecule has 0 aromatic heterocycles. The molecule has 3 fully saturated rings. The van der Waals surface area contributed by atoms with Gasteiger partial charge in [-0.1, -0.05) is 24.3 Å². The fourth-order valence-corrected chi connectivity index (χ4v) is 4.54. The van der Waals surface area contributed by atoms with E-state index in [9.17, 15) is 5.11 Å². The Hall–Kier alpha value is -1.62. The minimum Gasteiger partial charge on any atom is -0.387 e. The van der Waals surface area contributed by atoms with Crippen molar-refractivity contribution in [1.29, 1.82) is 0 Å². The Kier molecular flexibility index (Phi) is 3.76. The van der Waals surface area contributed by atoms with Crippen molar-refractivity contribution in [3.8, 4) is 0 Å². The summed E-state index contributed by atoms with van der Waals surface area (Å²) in [5.41, 5.74) is 9.16. The molecule has 1 aromatic rings. The number of aliphatic hydroxyl groups excluding tert-OH is 1. The standard InChI is InChI=1S/C19H25N3O/c1-2-12-11-22-8-7-13(12)9-17(22)19(23)15-10-18(20)21-16-6-4-3-5-14(15)16/h2-6,10,12-13,17-19,21,23H,1,7-9,11,20H2/t12-,13+,17+,18?,19-/m1/s1. The predicted octanol–water partition coefficient (Wildman–Crippen LogP) is 2.04. The number of nitrogens with zero attached hydrogens (tertiary/aromatic N) is 1. The van der Waals surface area contributed by atoms with Gasteiger partial charge in [-0.25, -0.2) is 0 Å². The van der Waals surface area contributed by atoms with E-state index in [1.807, 2.05) is 24.3 Å². The third kappa shape index (κ3) is 2.51. The van der Waals surface area contributed by atoms with Crippen LogP contribution >= 0.6 is 0 Å². The molecule has 0 spiro atoms. The number of anilines is 1. The van der Waals surface area contributed by atoms with Crippen molar-refractivity contribution in [3.63, 3.8) is 0 Å². The van der Waals surface area contributed by atoms with E-state index < -0.39 is 6.10 Å². The van der Waals surface area contributed by atoms with E-state index in [-0.39, 0.29) is 12.2 Å². The van der Waals surface area contributed by atoms with Gasteiger partial charge in [0.25, 0.3) is 0 Å². The summed E-state index contributed by atoms with van der Waals surface area (Å²) in [6, 6.07) is 8.28. The Labute approximate surface area is 137 Å². The Morgan fingerprint density at radius 3 is 2.96 bits per heavy atom. The van der Waals surface area contributed by atoms with Crippen molar-refractivity contribution in [2.75, 3.05) is 18.4 Å². The minimum absolute atomic E-state index is 0.189. The van der Waals surface area contributed by atoms with Crippen LogP contribution in [0, 0.1) is 11.8 Å². The van der Waals surface area contributed by atoms with E-state index in [1.165, 1.54) is 6.42 Å². The largest absolute Gasteiger partial charge is 0.387 e. The molecule has 5 rings (SSSR count). The number of piperidine rings is 3. The van der Waals surface area contributed by atoms with Crippen LogP contribution in [-0.2, 0) is 0 Å². The van der Waals surface area contributed by atoms with Gasteiger partial charge in [-0.3, -0.25) is 4.90 Å². The van der Waals surface area contributed by atoms with Crippen molar-refractivity contribution in [2.24, 2.45) is 17.6 Å². The quantitative estimate of drug-likeness (QED) is 0.748. The monoisotopic (exact) mass is 311 g/mol. The Morgan fingerprint density at radius 1 is 1.39 bits per heavy atom. The maximum atomic E-state index is 11.1. The number of nitrogens with one attached hydrogen (secondary N) is 1. The molecular weight excluding hydrogens is 286 g/mol. The maximum Gasteiger partial charge on any atom is 0.0949 e. The first kappa shape index (κ1) is 14.9. The van der Waals surface area contributed by atoms with Crippen LogP contribution < -0.4 is 11.1 Å². The number of hydrogen-bond acceptors (Lipinski definition) is 4. The number of fused-ring (bicyclic) bond motifs is 4. The lowest BCUT2D eigenvalue weighted by molar-refractivity contribution is -0.0254. The molecule has 2 unspecified atom stereocenters. The zero-order chi connectivity index (χ0) is 16.0. The molecule has 2 bridgehead atoms. The lowest BCUT2D eigenvalue weighted by Gasteiger charge is -2.51. The molecule has 0 amide bonds. The van der Waals surface area contributed by atoms with E-state index in [0.717, 1.165) is 36.3 Å². The Balaban J connectivity index is 1.62. The molecule has 3 saturated heterocycles. The van der Waals surface area contributed by atoms with Gasteiger partial charge in [-0.05, 0) is 48.9 Å². The molecule has 4 N–H and O–H groups in total. The van der Waals surface area contributed by atoms with Gasteiger partial charge in [-0.2, -0.15) is 0 Å². The van der Waals surface area contributed by atoms with E-state index in [0.29, 0.717) is 11.8 Å². The molecule has 0 saturated carbocycles. The van der Waals surface area contributed by atoms with Gasteiger partial charge in [0.15, 0.2) is 0 Å². The van der Waals surface area contributed by atoms with Crippen molar-refractivity contribution in [2.45, 2.75) is 31.2 Å². The molecule has 4 aliphatic heterocycles. The first-order valence-corrected chi connectivity index (χ1v) is 8.55. The Morgan fingerprint density at radius 2 is 2.22 bits per heavy atom. The molecule has 23 heavy (non-hydrogen) atoms. The topological polar surface area (TPSA) is 61.5 Å². The lowest BCUT2D eigenvalue weighted by atomic mass is 9.73. The summed E-state index contributed by atoms with van der Waals surface area (Å²) >= 11 is 0. The average molecular weight is 311 g/mol. The van der Waals surface area contributed by atoms with Gasteiger partial charge >= 0.3 is 0 Å². The molecule has 6 atom stereocenters. The zero-order valence-corrected chi connectivity index (χ0v) is 13.4. The summed E-state index contributed by atoms with van der Waals surface area (Å²) < 4.78 is 0. The molecule has 4 heterocycles. The molecular formula is C19H25N3O. The van der Waals surface area contributed by atoms with Crippen molar-refractivity contribution >= 4 is 11.3 Å². The normalized spacial score (nSPS) is 36.6. The van der Waals surface area contributed by atoms with Crippen LogP contribution in [0.15, 0.2) is 43.0 Å². The van der Waals surface area contributed by atoms with Gasteiger partial charge in [0, 0.05) is 23.8 Å². The van der Waals surface area contributed by atoms with E-state index in [1.54, 1.807) is 0 Å². The van der Waals surface area contributed by atoms with Crippen LogP contribution in [-0.4, -0.2) is 41.4 Å². The summed E-state index contributed by atoms with van der Waals surface area (Å²) in [5.74, 6) is 1.23. The van der Waals surface area contributed by atoms with Crippen LogP contribution in [0.4, 0.5) is 5.69 Å². The van der Waals surface area contributed by atoms with Gasteiger partial charge in [-0.15, -0.1) is 6.58 Å². The van der Waals surface area contributed by atoms with Gasteiger partial charge in [0.05, 0.1) is 12.3 Å². The van der Waals surface area contributed by atoms with Gasteiger partial charge in [0.2, 0.25) is 0 Å². The van der Waals surface area contributed by atoms with E-state index in [4.69, 9.17) is 5.73 Å². The number of aliphatic hydroxyl groups is 1. The number of benzene rings is 1. The van der Waals surface area contributed by atoms with Crippen LogP contribution in [0.2, 0.25) is 0 Å². The second-order valence-electron chi connectivity index (χ2n) is 7.03. The predicted molar refractivity (Wildman–Crippen MR) is 93.8 cm³/mol. The lowest BCUT2D eigenvalue weighted by Crippen LogP contribution is -2.57. The molecule has 0 aliphatic carbocycles. The second kappa shape index (κ2) is 5.78. The molecule has 4 aliphatic rings.